The molecule has 0 bridgehead atoms. The van der Waals surface area contributed by atoms with Gasteiger partial charge in [0.25, 0.3) is 0 Å². The van der Waals surface area contributed by atoms with Crippen LogP contribution in [0.3, 0.4) is 0 Å². The predicted molar refractivity (Wildman–Crippen MR) is 80.3 cm³/mol. The Balaban J connectivity index is 1.80. The van der Waals surface area contributed by atoms with Crippen LogP contribution >= 0.6 is 11.3 Å². The summed E-state index contributed by atoms with van der Waals surface area (Å²) in [6, 6.07) is 3.94. The third-order valence-electron chi connectivity index (χ3n) is 3.76. The lowest BCUT2D eigenvalue weighted by Crippen LogP contribution is -2.19. The molecular weight excluding hydrogens is 304 g/mol. The van der Waals surface area contributed by atoms with Gasteiger partial charge in [0.1, 0.15) is 23.6 Å². The highest BCUT2D eigenvalue weighted by atomic mass is 32.1. The second kappa shape index (κ2) is 5.40. The maximum atomic E-state index is 10.1. The molecule has 114 valence electrons. The molecule has 2 N–H and O–H groups in total. The van der Waals surface area contributed by atoms with Gasteiger partial charge in [-0.25, -0.2) is 15.0 Å². The number of nitrogens with zero attached hydrogens (tertiary/aromatic N) is 4. The first-order valence-electron chi connectivity index (χ1n) is 6.93. The van der Waals surface area contributed by atoms with Crippen LogP contribution < -0.4 is 0 Å². The van der Waals surface area contributed by atoms with Crippen LogP contribution in [0.1, 0.15) is 12.6 Å². The van der Waals surface area contributed by atoms with Crippen LogP contribution in [0.2, 0.25) is 0 Å². The number of ether oxygens (including phenoxy) is 1. The Hall–Kier alpha value is -1.87. The molecule has 0 aromatic carbocycles. The van der Waals surface area contributed by atoms with Gasteiger partial charge in [-0.1, -0.05) is 6.07 Å². The summed E-state index contributed by atoms with van der Waals surface area (Å²) in [5.41, 5.74) is 2.05. The standard InChI is InChI=1S/C14H14N4O3S/c19-5-8-4-9(20)14(21-8)18-7-17-12-11(10-2-1-3-22-10)15-6-16-13(12)18/h1-3,6-9,14,19-20H,4-5H2/t8-,9+,14+/m0/s1. The summed E-state index contributed by atoms with van der Waals surface area (Å²) in [4.78, 5) is 14.0. The summed E-state index contributed by atoms with van der Waals surface area (Å²) in [7, 11) is 0. The summed E-state index contributed by atoms with van der Waals surface area (Å²) in [5.74, 6) is 0. The number of aliphatic hydroxyl groups is 2. The SMILES string of the molecule is OC[C@@H]1C[C@@H](O)[C@H](n2cnc3c(-c4cccs4)ncnc32)O1. The van der Waals surface area contributed by atoms with Crippen molar-refractivity contribution in [2.45, 2.75) is 24.9 Å². The van der Waals surface area contributed by atoms with E-state index in [4.69, 9.17) is 4.74 Å². The van der Waals surface area contributed by atoms with E-state index >= 15 is 0 Å². The fourth-order valence-electron chi connectivity index (χ4n) is 2.73. The molecule has 7 nitrogen and oxygen atoms in total. The Labute approximate surface area is 129 Å². The Morgan fingerprint density at radius 2 is 2.27 bits per heavy atom. The first kappa shape index (κ1) is 13.8. The Bertz CT molecular complexity index is 789. The van der Waals surface area contributed by atoms with Gasteiger partial charge in [-0.2, -0.15) is 0 Å². The lowest BCUT2D eigenvalue weighted by Gasteiger charge is -2.16. The van der Waals surface area contributed by atoms with Crippen LogP contribution in [-0.2, 0) is 4.74 Å². The van der Waals surface area contributed by atoms with Gasteiger partial charge in [0.15, 0.2) is 11.9 Å². The van der Waals surface area contributed by atoms with Gasteiger partial charge >= 0.3 is 0 Å². The molecule has 0 unspecified atom stereocenters. The van der Waals surface area contributed by atoms with Crippen molar-refractivity contribution in [2.75, 3.05) is 6.61 Å². The number of hydrogen-bond acceptors (Lipinski definition) is 7. The Morgan fingerprint density at radius 1 is 1.36 bits per heavy atom. The van der Waals surface area contributed by atoms with E-state index < -0.39 is 12.3 Å². The molecule has 22 heavy (non-hydrogen) atoms. The molecule has 1 aliphatic rings. The monoisotopic (exact) mass is 318 g/mol. The summed E-state index contributed by atoms with van der Waals surface area (Å²) >= 11 is 1.58. The Morgan fingerprint density at radius 3 is 3.00 bits per heavy atom. The topological polar surface area (TPSA) is 93.3 Å². The van der Waals surface area contributed by atoms with E-state index in [1.54, 1.807) is 22.2 Å². The van der Waals surface area contributed by atoms with E-state index in [0.717, 1.165) is 10.6 Å². The first-order valence-corrected chi connectivity index (χ1v) is 7.81. The van der Waals surface area contributed by atoms with Crippen molar-refractivity contribution in [1.82, 2.24) is 19.5 Å². The number of aliphatic hydroxyl groups excluding tert-OH is 2. The molecule has 0 amide bonds. The minimum atomic E-state index is -0.699. The van der Waals surface area contributed by atoms with Gasteiger partial charge in [0, 0.05) is 6.42 Å². The van der Waals surface area contributed by atoms with Gasteiger partial charge in [-0.05, 0) is 11.4 Å². The molecule has 4 rings (SSSR count). The molecule has 3 aromatic rings. The van der Waals surface area contributed by atoms with Crippen molar-refractivity contribution in [2.24, 2.45) is 0 Å². The van der Waals surface area contributed by atoms with Crippen LogP contribution in [0, 0.1) is 0 Å². The van der Waals surface area contributed by atoms with E-state index in [1.165, 1.54) is 6.33 Å². The van der Waals surface area contributed by atoms with Crippen LogP contribution in [0.25, 0.3) is 21.7 Å². The van der Waals surface area contributed by atoms with Crippen molar-refractivity contribution in [3.05, 3.63) is 30.2 Å². The third kappa shape index (κ3) is 2.12. The molecule has 4 heterocycles. The minimum absolute atomic E-state index is 0.115. The summed E-state index contributed by atoms with van der Waals surface area (Å²) in [6.45, 7) is -0.115. The molecule has 0 aliphatic carbocycles. The van der Waals surface area contributed by atoms with E-state index in [0.29, 0.717) is 17.6 Å². The van der Waals surface area contributed by atoms with Crippen molar-refractivity contribution in [1.29, 1.82) is 0 Å². The van der Waals surface area contributed by atoms with Crippen LogP contribution in [-0.4, -0.2) is 48.5 Å². The average Bonchev–Trinajstić information content (AvgIpc) is 3.25. The molecule has 1 aliphatic heterocycles. The highest BCUT2D eigenvalue weighted by Crippen LogP contribution is 2.33. The van der Waals surface area contributed by atoms with Crippen LogP contribution in [0.4, 0.5) is 0 Å². The molecule has 0 saturated carbocycles. The van der Waals surface area contributed by atoms with Crippen molar-refractivity contribution in [3.63, 3.8) is 0 Å². The maximum absolute atomic E-state index is 10.1. The number of fused-ring (bicyclic) bond motifs is 1. The molecule has 0 spiro atoms. The minimum Gasteiger partial charge on any atom is -0.394 e. The van der Waals surface area contributed by atoms with Gasteiger partial charge in [0.2, 0.25) is 0 Å². The fourth-order valence-corrected chi connectivity index (χ4v) is 3.45. The Kier molecular flexibility index (Phi) is 3.38. The molecule has 1 fully saturated rings. The molecule has 1 saturated heterocycles. The zero-order valence-electron chi connectivity index (χ0n) is 11.5. The normalized spacial score (nSPS) is 25.1. The van der Waals surface area contributed by atoms with Crippen molar-refractivity contribution >= 4 is 22.5 Å². The van der Waals surface area contributed by atoms with Gasteiger partial charge in [0.05, 0.1) is 23.9 Å². The number of rotatable bonds is 3. The van der Waals surface area contributed by atoms with Crippen LogP contribution in [0.5, 0.6) is 0 Å². The molecule has 3 aromatic heterocycles. The van der Waals surface area contributed by atoms with E-state index in [2.05, 4.69) is 15.0 Å². The van der Waals surface area contributed by atoms with Crippen molar-refractivity contribution < 1.29 is 14.9 Å². The van der Waals surface area contributed by atoms with Gasteiger partial charge in [-0.3, -0.25) is 4.57 Å². The quantitative estimate of drug-likeness (QED) is 0.753. The summed E-state index contributed by atoms with van der Waals surface area (Å²) in [5, 5.41) is 21.3. The van der Waals surface area contributed by atoms with Gasteiger partial charge in [-0.15, -0.1) is 11.3 Å². The van der Waals surface area contributed by atoms with E-state index in [1.807, 2.05) is 17.5 Å². The van der Waals surface area contributed by atoms with Gasteiger partial charge < -0.3 is 14.9 Å². The highest BCUT2D eigenvalue weighted by molar-refractivity contribution is 7.13. The maximum Gasteiger partial charge on any atom is 0.166 e. The van der Waals surface area contributed by atoms with E-state index in [-0.39, 0.29) is 12.7 Å². The largest absolute Gasteiger partial charge is 0.394 e. The number of thiophene rings is 1. The zero-order chi connectivity index (χ0) is 15.1. The number of aromatic nitrogens is 4. The third-order valence-corrected chi connectivity index (χ3v) is 4.63. The molecule has 0 radical (unpaired) electrons. The highest BCUT2D eigenvalue weighted by Gasteiger charge is 2.36. The second-order valence-corrected chi connectivity index (χ2v) is 6.11. The lowest BCUT2D eigenvalue weighted by atomic mass is 10.2. The average molecular weight is 318 g/mol. The predicted octanol–water partition coefficient (Wildman–Crippen LogP) is 1.20. The smallest absolute Gasteiger partial charge is 0.166 e. The summed E-state index contributed by atoms with van der Waals surface area (Å²) < 4.78 is 7.37. The molecule has 3 atom stereocenters. The van der Waals surface area contributed by atoms with E-state index in [9.17, 15) is 10.2 Å². The zero-order valence-corrected chi connectivity index (χ0v) is 12.3. The second-order valence-electron chi connectivity index (χ2n) is 5.16. The lowest BCUT2D eigenvalue weighted by molar-refractivity contribution is -0.0486. The molecular formula is C14H14N4O3S. The summed E-state index contributed by atoms with van der Waals surface area (Å²) in [6.07, 6.45) is 1.83. The number of imidazole rings is 1. The molecule has 8 heteroatoms. The number of hydrogen-bond donors (Lipinski definition) is 2. The van der Waals surface area contributed by atoms with Crippen LogP contribution in [0.15, 0.2) is 30.2 Å². The first-order chi connectivity index (χ1) is 10.8. The van der Waals surface area contributed by atoms with Crippen molar-refractivity contribution in [3.8, 4) is 10.6 Å². The fraction of sp³-hybridized carbons (Fsp3) is 0.357.